The van der Waals surface area contributed by atoms with E-state index in [1.54, 1.807) is 6.92 Å². The van der Waals surface area contributed by atoms with E-state index in [1.807, 2.05) is 0 Å². The fourth-order valence-electron chi connectivity index (χ4n) is 2.58. The molecular weight excluding hydrogens is 334 g/mol. The predicted molar refractivity (Wildman–Crippen MR) is 93.3 cm³/mol. The second-order valence-corrected chi connectivity index (χ2v) is 7.57. The topological polar surface area (TPSA) is 72.5 Å². The maximum atomic E-state index is 12.3. The van der Waals surface area contributed by atoms with Crippen LogP contribution in [0.15, 0.2) is 0 Å². The zero-order valence-corrected chi connectivity index (χ0v) is 15.0. The first-order chi connectivity index (χ1) is 11.0. The summed E-state index contributed by atoms with van der Waals surface area (Å²) in [5.41, 5.74) is 1.54. The number of hydrogen-bond acceptors (Lipinski definition) is 6. The Hall–Kier alpha value is -1.34. The monoisotopic (exact) mass is 355 g/mol. The molecule has 2 rings (SSSR count). The molecule has 0 fully saturated rings. The number of carbonyl (C=O) groups is 3. The number of anilines is 1. The first-order valence-corrected chi connectivity index (χ1v) is 9.58. The molecule has 0 unspecified atom stereocenters. The van der Waals surface area contributed by atoms with E-state index >= 15 is 0 Å². The van der Waals surface area contributed by atoms with Gasteiger partial charge in [-0.3, -0.25) is 9.59 Å². The minimum Gasteiger partial charge on any atom is -0.462 e. The number of nitrogens with one attached hydrogen (secondary N) is 1. The van der Waals surface area contributed by atoms with Crippen LogP contribution in [-0.4, -0.2) is 29.4 Å². The Balaban J connectivity index is 2.25. The van der Waals surface area contributed by atoms with Gasteiger partial charge in [-0.25, -0.2) is 4.79 Å². The predicted octanol–water partition coefficient (Wildman–Crippen LogP) is 3.41. The zero-order chi connectivity index (χ0) is 16.8. The molecule has 7 heteroatoms. The van der Waals surface area contributed by atoms with Crippen LogP contribution >= 0.6 is 23.1 Å². The molecule has 0 aromatic carbocycles. The van der Waals surface area contributed by atoms with Crippen molar-refractivity contribution in [3.8, 4) is 0 Å². The molecule has 1 aromatic heterocycles. The first kappa shape index (κ1) is 18.0. The molecule has 1 aliphatic carbocycles. The van der Waals surface area contributed by atoms with Crippen molar-refractivity contribution in [3.63, 3.8) is 0 Å². The van der Waals surface area contributed by atoms with Crippen LogP contribution in [0.5, 0.6) is 0 Å². The summed E-state index contributed by atoms with van der Waals surface area (Å²) in [6.07, 6.45) is 5.08. The first-order valence-electron chi connectivity index (χ1n) is 7.77. The number of esters is 1. The second-order valence-electron chi connectivity index (χ2n) is 5.32. The van der Waals surface area contributed by atoms with E-state index in [0.717, 1.165) is 49.4 Å². The van der Waals surface area contributed by atoms with Gasteiger partial charge in [-0.15, -0.1) is 11.3 Å². The molecule has 0 aliphatic heterocycles. The molecule has 1 amide bonds. The van der Waals surface area contributed by atoms with Gasteiger partial charge in [0.15, 0.2) is 5.12 Å². The molecule has 1 N–H and O–H groups in total. The molecule has 1 aliphatic rings. The van der Waals surface area contributed by atoms with Crippen molar-refractivity contribution in [2.24, 2.45) is 0 Å². The van der Waals surface area contributed by atoms with Gasteiger partial charge in [0.2, 0.25) is 5.91 Å². The third-order valence-corrected chi connectivity index (χ3v) is 5.58. The number of rotatable bonds is 5. The van der Waals surface area contributed by atoms with Crippen LogP contribution in [0.1, 0.15) is 53.9 Å². The van der Waals surface area contributed by atoms with Gasteiger partial charge in [0.25, 0.3) is 0 Å². The number of thioether (sulfide) groups is 1. The number of fused-ring (bicyclic) bond motifs is 1. The van der Waals surface area contributed by atoms with E-state index in [0.29, 0.717) is 17.2 Å². The third kappa shape index (κ3) is 4.81. The lowest BCUT2D eigenvalue weighted by Crippen LogP contribution is -2.17. The van der Waals surface area contributed by atoms with E-state index < -0.39 is 0 Å². The third-order valence-electron chi connectivity index (χ3n) is 3.56. The van der Waals surface area contributed by atoms with Crippen LogP contribution < -0.4 is 5.32 Å². The highest BCUT2D eigenvalue weighted by molar-refractivity contribution is 8.14. The number of thiophene rings is 1. The van der Waals surface area contributed by atoms with Crippen molar-refractivity contribution in [1.82, 2.24) is 0 Å². The number of carbonyl (C=O) groups excluding carboxylic acids is 3. The van der Waals surface area contributed by atoms with Crippen molar-refractivity contribution in [2.75, 3.05) is 17.7 Å². The summed E-state index contributed by atoms with van der Waals surface area (Å²) < 4.78 is 5.17. The van der Waals surface area contributed by atoms with Crippen LogP contribution in [0, 0.1) is 0 Å². The highest BCUT2D eigenvalue weighted by Crippen LogP contribution is 2.38. The van der Waals surface area contributed by atoms with Gasteiger partial charge in [0.05, 0.1) is 17.9 Å². The van der Waals surface area contributed by atoms with Gasteiger partial charge >= 0.3 is 5.97 Å². The van der Waals surface area contributed by atoms with E-state index in [2.05, 4.69) is 5.32 Å². The van der Waals surface area contributed by atoms with Crippen molar-refractivity contribution >= 4 is 45.1 Å². The van der Waals surface area contributed by atoms with Crippen molar-refractivity contribution in [3.05, 3.63) is 16.0 Å². The zero-order valence-electron chi connectivity index (χ0n) is 13.4. The lowest BCUT2D eigenvalue weighted by atomic mass is 10.1. The van der Waals surface area contributed by atoms with E-state index in [4.69, 9.17) is 4.74 Å². The molecule has 0 saturated carbocycles. The molecule has 0 atom stereocenters. The van der Waals surface area contributed by atoms with Gasteiger partial charge < -0.3 is 10.1 Å². The highest BCUT2D eigenvalue weighted by atomic mass is 32.2. The maximum absolute atomic E-state index is 12.3. The van der Waals surface area contributed by atoms with Gasteiger partial charge in [-0.2, -0.15) is 0 Å². The van der Waals surface area contributed by atoms with Gasteiger partial charge in [0, 0.05) is 11.8 Å². The molecule has 0 radical (unpaired) electrons. The lowest BCUT2D eigenvalue weighted by molar-refractivity contribution is -0.114. The summed E-state index contributed by atoms with van der Waals surface area (Å²) in [5.74, 6) is -0.589. The smallest absolute Gasteiger partial charge is 0.341 e. The van der Waals surface area contributed by atoms with Crippen molar-refractivity contribution in [2.45, 2.75) is 46.0 Å². The molecule has 1 heterocycles. The summed E-state index contributed by atoms with van der Waals surface area (Å²) in [6.45, 7) is 3.50. The van der Waals surface area contributed by atoms with Gasteiger partial charge in [-0.05, 0) is 38.2 Å². The Bertz CT molecular complexity index is 609. The maximum Gasteiger partial charge on any atom is 0.341 e. The van der Waals surface area contributed by atoms with Crippen molar-refractivity contribution < 1.29 is 19.1 Å². The van der Waals surface area contributed by atoms with Crippen LogP contribution in [0.2, 0.25) is 0 Å². The Morgan fingerprint density at radius 3 is 2.65 bits per heavy atom. The molecule has 0 spiro atoms. The van der Waals surface area contributed by atoms with Crippen LogP contribution in [-0.2, 0) is 27.2 Å². The number of aryl methyl sites for hydroxylation is 1. The van der Waals surface area contributed by atoms with Crippen LogP contribution in [0.3, 0.4) is 0 Å². The number of amides is 1. The summed E-state index contributed by atoms with van der Waals surface area (Å²) in [6, 6.07) is 0. The molecule has 1 aromatic rings. The van der Waals surface area contributed by atoms with E-state index in [9.17, 15) is 14.4 Å². The van der Waals surface area contributed by atoms with E-state index in [1.165, 1.54) is 23.1 Å². The Labute approximate surface area is 144 Å². The molecule has 0 saturated heterocycles. The van der Waals surface area contributed by atoms with Crippen LogP contribution in [0.4, 0.5) is 5.00 Å². The normalized spacial score (nSPS) is 13.8. The average molecular weight is 355 g/mol. The fraction of sp³-hybridized carbons (Fsp3) is 0.562. The SMILES string of the molecule is CCOC(=O)c1c(NC(=O)CSC(C)=O)sc2c1CCCCC2. The van der Waals surface area contributed by atoms with Gasteiger partial charge in [-0.1, -0.05) is 18.2 Å². The highest BCUT2D eigenvalue weighted by Gasteiger charge is 2.26. The Morgan fingerprint density at radius 1 is 1.22 bits per heavy atom. The molecular formula is C16H21NO4S2. The van der Waals surface area contributed by atoms with Crippen LogP contribution in [0.25, 0.3) is 0 Å². The quantitative estimate of drug-likeness (QED) is 0.647. The molecule has 126 valence electrons. The summed E-state index contributed by atoms with van der Waals surface area (Å²) >= 11 is 2.42. The Kier molecular flexibility index (Phi) is 6.65. The second kappa shape index (κ2) is 8.49. The summed E-state index contributed by atoms with van der Waals surface area (Å²) in [4.78, 5) is 36.5. The lowest BCUT2D eigenvalue weighted by Gasteiger charge is -2.08. The molecule has 5 nitrogen and oxygen atoms in total. The molecule has 0 bridgehead atoms. The van der Waals surface area contributed by atoms with Crippen molar-refractivity contribution in [1.29, 1.82) is 0 Å². The fourth-order valence-corrected chi connectivity index (χ4v) is 4.28. The summed E-state index contributed by atoms with van der Waals surface area (Å²) in [5, 5.41) is 3.24. The van der Waals surface area contributed by atoms with E-state index in [-0.39, 0.29) is 22.7 Å². The minimum absolute atomic E-state index is 0.0557. The minimum atomic E-state index is -0.374. The van der Waals surface area contributed by atoms with Gasteiger partial charge in [0.1, 0.15) is 5.00 Å². The molecule has 23 heavy (non-hydrogen) atoms. The largest absolute Gasteiger partial charge is 0.462 e. The average Bonchev–Trinajstić information content (AvgIpc) is 2.66. The number of hydrogen-bond donors (Lipinski definition) is 1. The summed E-state index contributed by atoms with van der Waals surface area (Å²) in [7, 11) is 0. The Morgan fingerprint density at radius 2 is 1.96 bits per heavy atom. The standard InChI is InChI=1S/C16H21NO4S2/c1-3-21-16(20)14-11-7-5-4-6-8-12(11)23-15(14)17-13(19)9-22-10(2)18/h3-9H2,1-2H3,(H,17,19). The number of ether oxygens (including phenoxy) is 1.